The lowest BCUT2D eigenvalue weighted by molar-refractivity contribution is -0.893. The van der Waals surface area contributed by atoms with Gasteiger partial charge < -0.3 is 9.59 Å². The van der Waals surface area contributed by atoms with Gasteiger partial charge in [0.05, 0.1) is 27.2 Å². The summed E-state index contributed by atoms with van der Waals surface area (Å²) in [6, 6.07) is 0. The zero-order valence-corrected chi connectivity index (χ0v) is 20.1. The second kappa shape index (κ2) is 19.6. The van der Waals surface area contributed by atoms with Gasteiger partial charge in [0, 0.05) is 11.7 Å². The summed E-state index contributed by atoms with van der Waals surface area (Å²) in [6.07, 6.45) is 20.2. The van der Waals surface area contributed by atoms with Crippen molar-refractivity contribution in [3.63, 3.8) is 0 Å². The number of thioether (sulfide) groups is 1. The van der Waals surface area contributed by atoms with Gasteiger partial charge in [-0.25, -0.2) is 0 Å². The summed E-state index contributed by atoms with van der Waals surface area (Å²) in [4.78, 5) is 0. The van der Waals surface area contributed by atoms with Gasteiger partial charge in [-0.2, -0.15) is 11.8 Å². The Hall–Kier alpha value is 0.270. The number of likely N-dealkylation sites (N-methyl/N-ethyl adjacent to an activating group) is 1. The summed E-state index contributed by atoms with van der Waals surface area (Å²) < 4.78 is 0.942. The van der Waals surface area contributed by atoms with Crippen LogP contribution in [0.5, 0.6) is 0 Å². The van der Waals surface area contributed by atoms with Crippen molar-refractivity contribution < 1.29 is 9.59 Å². The molecule has 0 aliphatic heterocycles. The van der Waals surface area contributed by atoms with Crippen molar-refractivity contribution in [2.45, 2.75) is 104 Å². The van der Waals surface area contributed by atoms with Crippen molar-refractivity contribution in [3.8, 4) is 0 Å². The van der Waals surface area contributed by atoms with Crippen LogP contribution in [0.15, 0.2) is 0 Å². The van der Waals surface area contributed by atoms with Crippen molar-refractivity contribution in [2.24, 2.45) is 5.92 Å². The molecule has 1 atom stereocenters. The van der Waals surface area contributed by atoms with Gasteiger partial charge in [-0.05, 0) is 12.2 Å². The van der Waals surface area contributed by atoms with Crippen molar-refractivity contribution in [3.05, 3.63) is 0 Å². The molecule has 0 aliphatic carbocycles. The molecule has 2 nitrogen and oxygen atoms in total. The van der Waals surface area contributed by atoms with Crippen molar-refractivity contribution >= 4 is 11.8 Å². The fourth-order valence-corrected chi connectivity index (χ4v) is 5.02. The Morgan fingerprint density at radius 2 is 1.19 bits per heavy atom. The number of hydrogen-bond acceptors (Lipinski definition) is 2. The molecule has 0 aromatic carbocycles. The Balaban J connectivity index is 3.23. The van der Waals surface area contributed by atoms with Crippen LogP contribution in [0.4, 0.5) is 0 Å². The molecule has 27 heavy (non-hydrogen) atoms. The minimum Gasteiger partial charge on any atom is -0.391 e. The minimum absolute atomic E-state index is 0.298. The molecule has 0 rings (SSSR count). The maximum Gasteiger partial charge on any atom is 0.102 e. The SMILES string of the molecule is CCCCCCCCCCCCCCCCSCC(C)C[N+](C)(C)CCO. The van der Waals surface area contributed by atoms with E-state index in [-0.39, 0.29) is 0 Å². The van der Waals surface area contributed by atoms with E-state index in [0.29, 0.717) is 6.61 Å². The Bertz CT molecular complexity index is 296. The fourth-order valence-electron chi connectivity index (χ4n) is 3.94. The summed E-state index contributed by atoms with van der Waals surface area (Å²) in [6.45, 7) is 6.99. The molecule has 0 heterocycles. The third kappa shape index (κ3) is 20.8. The van der Waals surface area contributed by atoms with Crippen LogP contribution in [0.3, 0.4) is 0 Å². The summed E-state index contributed by atoms with van der Waals surface area (Å²) in [5, 5.41) is 9.12. The Kier molecular flexibility index (Phi) is 19.8. The maximum atomic E-state index is 9.12. The molecule has 0 spiro atoms. The first kappa shape index (κ1) is 27.3. The molecule has 0 saturated carbocycles. The second-order valence-corrected chi connectivity index (χ2v) is 10.5. The molecule has 0 saturated heterocycles. The van der Waals surface area contributed by atoms with E-state index in [1.54, 1.807) is 0 Å². The second-order valence-electron chi connectivity index (χ2n) is 9.34. The maximum absolute atomic E-state index is 9.12. The van der Waals surface area contributed by atoms with Crippen LogP contribution < -0.4 is 0 Å². The van der Waals surface area contributed by atoms with Crippen molar-refractivity contribution in [2.75, 3.05) is 45.3 Å². The summed E-state index contributed by atoms with van der Waals surface area (Å²) in [5.74, 6) is 3.34. The number of aliphatic hydroxyl groups excluding tert-OH is 1. The smallest absolute Gasteiger partial charge is 0.102 e. The fraction of sp³-hybridized carbons (Fsp3) is 1.00. The molecular formula is C24H52NOS+. The summed E-state index contributed by atoms with van der Waals surface area (Å²) in [7, 11) is 4.45. The van der Waals surface area contributed by atoms with Crippen LogP contribution in [-0.4, -0.2) is 54.9 Å². The topological polar surface area (TPSA) is 20.2 Å². The largest absolute Gasteiger partial charge is 0.391 e. The molecule has 0 aromatic rings. The van der Waals surface area contributed by atoms with Gasteiger partial charge in [0.25, 0.3) is 0 Å². The number of hydrogen-bond donors (Lipinski definition) is 1. The molecular weight excluding hydrogens is 350 g/mol. The lowest BCUT2D eigenvalue weighted by atomic mass is 10.0. The molecule has 0 aromatic heterocycles. The molecule has 3 heteroatoms. The molecule has 0 amide bonds. The Morgan fingerprint density at radius 1 is 0.741 bits per heavy atom. The quantitative estimate of drug-likeness (QED) is 0.166. The lowest BCUT2D eigenvalue weighted by Crippen LogP contribution is -2.45. The van der Waals surface area contributed by atoms with E-state index in [1.165, 1.54) is 108 Å². The molecule has 0 radical (unpaired) electrons. The van der Waals surface area contributed by atoms with E-state index < -0.39 is 0 Å². The van der Waals surface area contributed by atoms with Gasteiger partial charge in [0.2, 0.25) is 0 Å². The monoisotopic (exact) mass is 402 g/mol. The van der Waals surface area contributed by atoms with E-state index >= 15 is 0 Å². The standard InChI is InChI=1S/C24H52NOS/c1-5-6-7-8-9-10-11-12-13-14-15-16-17-18-21-27-23-24(2)22-25(3,4)19-20-26/h24,26H,5-23H2,1-4H3/q+1. The zero-order chi connectivity index (χ0) is 20.2. The van der Waals surface area contributed by atoms with Gasteiger partial charge in [0.15, 0.2) is 0 Å². The molecule has 0 aliphatic rings. The van der Waals surface area contributed by atoms with Crippen LogP contribution in [0.1, 0.15) is 104 Å². The third-order valence-electron chi connectivity index (χ3n) is 5.56. The summed E-state index contributed by atoms with van der Waals surface area (Å²) >= 11 is 2.13. The van der Waals surface area contributed by atoms with Crippen molar-refractivity contribution in [1.82, 2.24) is 0 Å². The highest BCUT2D eigenvalue weighted by Gasteiger charge is 2.18. The number of quaternary nitrogens is 1. The number of aliphatic hydroxyl groups is 1. The lowest BCUT2D eigenvalue weighted by Gasteiger charge is -2.31. The zero-order valence-electron chi connectivity index (χ0n) is 19.3. The van der Waals surface area contributed by atoms with Crippen molar-refractivity contribution in [1.29, 1.82) is 0 Å². The van der Waals surface area contributed by atoms with E-state index in [1.807, 2.05) is 0 Å². The number of nitrogens with zero attached hydrogens (tertiary/aromatic N) is 1. The van der Waals surface area contributed by atoms with Gasteiger partial charge >= 0.3 is 0 Å². The normalized spacial score (nSPS) is 13.2. The van der Waals surface area contributed by atoms with Crippen LogP contribution in [0.2, 0.25) is 0 Å². The highest BCUT2D eigenvalue weighted by molar-refractivity contribution is 7.99. The molecule has 1 N–H and O–H groups in total. The van der Waals surface area contributed by atoms with Crippen LogP contribution in [-0.2, 0) is 0 Å². The first-order valence-electron chi connectivity index (χ1n) is 12.0. The highest BCUT2D eigenvalue weighted by atomic mass is 32.2. The minimum atomic E-state index is 0.298. The molecule has 0 fully saturated rings. The average molecular weight is 403 g/mol. The first-order chi connectivity index (χ1) is 13.0. The molecule has 0 bridgehead atoms. The Labute approximate surface area is 176 Å². The highest BCUT2D eigenvalue weighted by Crippen LogP contribution is 2.16. The third-order valence-corrected chi connectivity index (χ3v) is 6.94. The van der Waals surface area contributed by atoms with Crippen LogP contribution in [0.25, 0.3) is 0 Å². The van der Waals surface area contributed by atoms with Crippen LogP contribution >= 0.6 is 11.8 Å². The van der Waals surface area contributed by atoms with E-state index in [9.17, 15) is 0 Å². The van der Waals surface area contributed by atoms with E-state index in [2.05, 4.69) is 39.7 Å². The van der Waals surface area contributed by atoms with Gasteiger partial charge in [-0.15, -0.1) is 0 Å². The predicted octanol–water partition coefficient (Wildman–Crippen LogP) is 6.91. The van der Waals surface area contributed by atoms with E-state index in [0.717, 1.165) is 16.9 Å². The molecule has 1 unspecified atom stereocenters. The van der Waals surface area contributed by atoms with Gasteiger partial charge in [-0.3, -0.25) is 0 Å². The van der Waals surface area contributed by atoms with Crippen LogP contribution in [0, 0.1) is 5.92 Å². The predicted molar refractivity (Wildman–Crippen MR) is 126 cm³/mol. The summed E-state index contributed by atoms with van der Waals surface area (Å²) in [5.41, 5.74) is 0. The van der Waals surface area contributed by atoms with E-state index in [4.69, 9.17) is 5.11 Å². The first-order valence-corrected chi connectivity index (χ1v) is 13.2. The number of rotatable bonds is 21. The van der Waals surface area contributed by atoms with Gasteiger partial charge in [-0.1, -0.05) is 97.3 Å². The Morgan fingerprint density at radius 3 is 1.63 bits per heavy atom. The van der Waals surface area contributed by atoms with Gasteiger partial charge in [0.1, 0.15) is 6.54 Å². The number of unbranched alkanes of at least 4 members (excludes halogenated alkanes) is 13. The molecule has 164 valence electrons. The average Bonchev–Trinajstić information content (AvgIpc) is 2.60.